The third-order valence-corrected chi connectivity index (χ3v) is 5.71. The molecular weight excluding hydrogens is 368 g/mol. The quantitative estimate of drug-likeness (QED) is 0.663. The molecule has 8 nitrogen and oxygen atoms in total. The van der Waals surface area contributed by atoms with Gasteiger partial charge in [0.1, 0.15) is 12.0 Å². The van der Waals surface area contributed by atoms with Crippen LogP contribution in [0.1, 0.15) is 0 Å². The number of benzene rings is 1. The number of rotatable bonds is 5. The molecule has 4 rings (SSSR count). The second kappa shape index (κ2) is 7.26. The summed E-state index contributed by atoms with van der Waals surface area (Å²) in [6.45, 7) is 1.57. The predicted octanol–water partition coefficient (Wildman–Crippen LogP) is 1.87. The summed E-state index contributed by atoms with van der Waals surface area (Å²) >= 11 is 0. The first-order valence-corrected chi connectivity index (χ1v) is 10.4. The van der Waals surface area contributed by atoms with Crippen LogP contribution in [-0.2, 0) is 21.3 Å². The number of morpholine rings is 1. The Hall–Kier alpha value is -2.49. The monoisotopic (exact) mass is 388 g/mol. The fraction of sp³-hybridized carbons (Fsp3) is 0.333. The van der Waals surface area contributed by atoms with Crippen LogP contribution in [0.25, 0.3) is 23.0 Å². The second-order valence-electron chi connectivity index (χ2n) is 6.42. The van der Waals surface area contributed by atoms with Crippen molar-refractivity contribution in [3.8, 4) is 23.0 Å². The van der Waals surface area contributed by atoms with E-state index in [0.717, 1.165) is 5.56 Å². The smallest absolute Gasteiger partial charge is 0.226 e. The highest BCUT2D eigenvalue weighted by atomic mass is 32.2. The molecule has 0 spiro atoms. The van der Waals surface area contributed by atoms with Crippen molar-refractivity contribution in [2.24, 2.45) is 0 Å². The van der Waals surface area contributed by atoms with Gasteiger partial charge in [0.25, 0.3) is 0 Å². The maximum atomic E-state index is 11.8. The molecule has 1 unspecified atom stereocenters. The molecule has 1 aliphatic heterocycles. The molecule has 0 bridgehead atoms. The maximum absolute atomic E-state index is 11.8. The Bertz CT molecular complexity index is 1010. The Morgan fingerprint density at radius 1 is 1.26 bits per heavy atom. The van der Waals surface area contributed by atoms with Gasteiger partial charge in [0.05, 0.1) is 25.5 Å². The third-order valence-electron chi connectivity index (χ3n) is 4.44. The van der Waals surface area contributed by atoms with Crippen molar-refractivity contribution in [2.45, 2.75) is 12.6 Å². The van der Waals surface area contributed by atoms with Gasteiger partial charge in [0.15, 0.2) is 5.82 Å². The standard InChI is InChI=1S/C18H20N4O4S/c1-27(23,24)22-9-10-25-15(12-22)11-21-8-7-19-17(21)16-13-26-18(20-16)14-5-3-2-4-6-14/h2-8,13,15H,9-12H2,1H3. The van der Waals surface area contributed by atoms with Crippen LogP contribution < -0.4 is 0 Å². The van der Waals surface area contributed by atoms with E-state index in [-0.39, 0.29) is 6.10 Å². The Morgan fingerprint density at radius 2 is 2.07 bits per heavy atom. The van der Waals surface area contributed by atoms with E-state index in [1.165, 1.54) is 10.6 Å². The summed E-state index contributed by atoms with van der Waals surface area (Å²) < 4.78 is 38.3. The average Bonchev–Trinajstić information content (AvgIpc) is 3.31. The van der Waals surface area contributed by atoms with Gasteiger partial charge in [-0.15, -0.1) is 0 Å². The van der Waals surface area contributed by atoms with Crippen LogP contribution in [-0.4, -0.2) is 59.3 Å². The van der Waals surface area contributed by atoms with Crippen molar-refractivity contribution < 1.29 is 17.6 Å². The Labute approximate surface area is 157 Å². The highest BCUT2D eigenvalue weighted by molar-refractivity contribution is 7.88. The topological polar surface area (TPSA) is 90.5 Å². The van der Waals surface area contributed by atoms with E-state index in [2.05, 4.69) is 9.97 Å². The van der Waals surface area contributed by atoms with Gasteiger partial charge in [-0.25, -0.2) is 18.4 Å². The molecule has 2 aromatic heterocycles. The van der Waals surface area contributed by atoms with Gasteiger partial charge in [-0.2, -0.15) is 4.31 Å². The SMILES string of the molecule is CS(=O)(=O)N1CCOC(Cn2ccnc2-c2coc(-c3ccccc3)n2)C1. The molecule has 27 heavy (non-hydrogen) atoms. The van der Waals surface area contributed by atoms with Crippen molar-refractivity contribution in [2.75, 3.05) is 26.0 Å². The molecule has 3 aromatic rings. The molecule has 1 atom stereocenters. The molecule has 0 aliphatic carbocycles. The zero-order valence-electron chi connectivity index (χ0n) is 14.9. The molecule has 1 fully saturated rings. The lowest BCUT2D eigenvalue weighted by atomic mass is 10.2. The zero-order valence-corrected chi connectivity index (χ0v) is 15.7. The van der Waals surface area contributed by atoms with Crippen LogP contribution in [0.15, 0.2) is 53.4 Å². The first-order valence-electron chi connectivity index (χ1n) is 8.60. The van der Waals surface area contributed by atoms with E-state index >= 15 is 0 Å². The number of oxazole rings is 1. The summed E-state index contributed by atoms with van der Waals surface area (Å²) in [5.74, 6) is 1.18. The normalized spacial score (nSPS) is 18.6. The number of sulfonamides is 1. The first-order chi connectivity index (χ1) is 13.0. The van der Waals surface area contributed by atoms with Crippen LogP contribution in [0.4, 0.5) is 0 Å². The lowest BCUT2D eigenvalue weighted by Gasteiger charge is -2.31. The van der Waals surface area contributed by atoms with Crippen molar-refractivity contribution in [1.29, 1.82) is 0 Å². The zero-order chi connectivity index (χ0) is 18.9. The van der Waals surface area contributed by atoms with Gasteiger partial charge < -0.3 is 13.7 Å². The highest BCUT2D eigenvalue weighted by Gasteiger charge is 2.27. The highest BCUT2D eigenvalue weighted by Crippen LogP contribution is 2.24. The largest absolute Gasteiger partial charge is 0.444 e. The molecule has 0 radical (unpaired) electrons. The van der Waals surface area contributed by atoms with Gasteiger partial charge in [0, 0.05) is 31.0 Å². The maximum Gasteiger partial charge on any atom is 0.226 e. The van der Waals surface area contributed by atoms with Crippen LogP contribution in [0, 0.1) is 0 Å². The summed E-state index contributed by atoms with van der Waals surface area (Å²) in [5, 5.41) is 0. The molecule has 1 saturated heterocycles. The molecule has 3 heterocycles. The molecule has 1 aliphatic rings. The Kier molecular flexibility index (Phi) is 4.81. The predicted molar refractivity (Wildman–Crippen MR) is 99.3 cm³/mol. The van der Waals surface area contributed by atoms with Crippen molar-refractivity contribution in [3.05, 3.63) is 49.0 Å². The van der Waals surface area contributed by atoms with E-state index in [0.29, 0.717) is 43.7 Å². The van der Waals surface area contributed by atoms with E-state index in [4.69, 9.17) is 9.15 Å². The van der Waals surface area contributed by atoms with Gasteiger partial charge in [-0.1, -0.05) is 18.2 Å². The van der Waals surface area contributed by atoms with Gasteiger partial charge in [0.2, 0.25) is 15.9 Å². The number of ether oxygens (including phenoxy) is 1. The summed E-state index contributed by atoms with van der Waals surface area (Å²) in [5.41, 5.74) is 1.51. The van der Waals surface area contributed by atoms with Gasteiger partial charge in [-0.3, -0.25) is 0 Å². The number of hydrogen-bond acceptors (Lipinski definition) is 6. The van der Waals surface area contributed by atoms with Gasteiger partial charge >= 0.3 is 0 Å². The minimum Gasteiger partial charge on any atom is -0.444 e. The van der Waals surface area contributed by atoms with Crippen molar-refractivity contribution in [1.82, 2.24) is 18.8 Å². The molecular formula is C18H20N4O4S. The van der Waals surface area contributed by atoms with Crippen molar-refractivity contribution in [3.63, 3.8) is 0 Å². The molecule has 9 heteroatoms. The molecule has 0 saturated carbocycles. The van der Waals surface area contributed by atoms with Crippen LogP contribution >= 0.6 is 0 Å². The first kappa shape index (κ1) is 17.9. The van der Waals surface area contributed by atoms with Gasteiger partial charge in [-0.05, 0) is 12.1 Å². The molecule has 1 aromatic carbocycles. The minimum atomic E-state index is -3.23. The Morgan fingerprint density at radius 3 is 2.85 bits per heavy atom. The number of hydrogen-bond donors (Lipinski definition) is 0. The number of imidazole rings is 1. The summed E-state index contributed by atoms with van der Waals surface area (Å²) in [6, 6.07) is 9.64. The van der Waals surface area contributed by atoms with E-state index in [9.17, 15) is 8.42 Å². The average molecular weight is 388 g/mol. The van der Waals surface area contributed by atoms with Crippen LogP contribution in [0.3, 0.4) is 0 Å². The lowest BCUT2D eigenvalue weighted by molar-refractivity contribution is -0.00979. The minimum absolute atomic E-state index is 0.248. The second-order valence-corrected chi connectivity index (χ2v) is 8.40. The summed E-state index contributed by atoms with van der Waals surface area (Å²) in [4.78, 5) is 8.91. The molecule has 0 amide bonds. The molecule has 142 valence electrons. The van der Waals surface area contributed by atoms with Crippen LogP contribution in [0.2, 0.25) is 0 Å². The van der Waals surface area contributed by atoms with E-state index in [1.807, 2.05) is 41.1 Å². The summed E-state index contributed by atoms with van der Waals surface area (Å²) in [7, 11) is -3.23. The number of nitrogens with zero attached hydrogens (tertiary/aromatic N) is 4. The van der Waals surface area contributed by atoms with E-state index < -0.39 is 10.0 Å². The summed E-state index contributed by atoms with van der Waals surface area (Å²) in [6.07, 6.45) is 6.06. The fourth-order valence-corrected chi connectivity index (χ4v) is 3.95. The molecule has 0 N–H and O–H groups in total. The van der Waals surface area contributed by atoms with Crippen LogP contribution in [0.5, 0.6) is 0 Å². The fourth-order valence-electron chi connectivity index (χ4n) is 3.10. The third kappa shape index (κ3) is 3.95. The Balaban J connectivity index is 1.53. The number of aromatic nitrogens is 3. The van der Waals surface area contributed by atoms with E-state index in [1.54, 1.807) is 12.5 Å². The van der Waals surface area contributed by atoms with Crippen molar-refractivity contribution >= 4 is 10.0 Å². The lowest BCUT2D eigenvalue weighted by Crippen LogP contribution is -2.46.